The predicted molar refractivity (Wildman–Crippen MR) is 52.1 cm³/mol. The molecule has 0 radical (unpaired) electrons. The lowest BCUT2D eigenvalue weighted by atomic mass is 10.2. The maximum atomic E-state index is 10.6. The van der Waals surface area contributed by atoms with Gasteiger partial charge in [-0.1, -0.05) is 12.1 Å². The smallest absolute Gasteiger partial charge is 0.153 e. The van der Waals surface area contributed by atoms with E-state index in [1.54, 1.807) is 30.3 Å². The third-order valence-corrected chi connectivity index (χ3v) is 1.57. The molecule has 3 heteroatoms. The van der Waals surface area contributed by atoms with Gasteiger partial charge in [0, 0.05) is 6.08 Å². The molecule has 70 valence electrons. The van der Waals surface area contributed by atoms with Crippen molar-refractivity contribution in [3.63, 3.8) is 0 Å². The zero-order chi connectivity index (χ0) is 10.2. The van der Waals surface area contributed by atoms with Gasteiger partial charge < -0.3 is 4.74 Å². The molecule has 0 atom stereocenters. The third-order valence-electron chi connectivity index (χ3n) is 1.57. The summed E-state index contributed by atoms with van der Waals surface area (Å²) >= 11 is 0. The van der Waals surface area contributed by atoms with Crippen molar-refractivity contribution in [3.8, 4) is 11.8 Å². The van der Waals surface area contributed by atoms with Crippen LogP contribution in [0.5, 0.6) is 5.75 Å². The average Bonchev–Trinajstić information content (AvgIpc) is 2.25. The molecular weight excluding hydrogens is 178 g/mol. The molecule has 0 amide bonds. The Bertz CT molecular complexity index is 377. The number of aldehydes is 1. The van der Waals surface area contributed by atoms with Gasteiger partial charge in [-0.05, 0) is 18.2 Å². The number of carbonyl (C=O) groups is 1. The number of para-hydroxylation sites is 1. The fourth-order valence-electron chi connectivity index (χ4n) is 0.948. The molecule has 1 aromatic carbocycles. The number of nitrogens with zero attached hydrogens (tertiary/aromatic N) is 1. The fraction of sp³-hybridized carbons (Fsp3) is 0.0909. The van der Waals surface area contributed by atoms with Crippen LogP contribution in [0.4, 0.5) is 0 Å². The second kappa shape index (κ2) is 5.55. The van der Waals surface area contributed by atoms with Crippen LogP contribution in [0.3, 0.4) is 0 Å². The first kappa shape index (κ1) is 10.0. The quantitative estimate of drug-likeness (QED) is 0.534. The Morgan fingerprint density at radius 1 is 1.43 bits per heavy atom. The Balaban J connectivity index is 2.63. The molecule has 0 aliphatic carbocycles. The lowest BCUT2D eigenvalue weighted by Gasteiger charge is -2.04. The van der Waals surface area contributed by atoms with Crippen molar-refractivity contribution in [1.82, 2.24) is 0 Å². The summed E-state index contributed by atoms with van der Waals surface area (Å²) in [5, 5.41) is 8.22. The molecule has 0 saturated carbocycles. The zero-order valence-corrected chi connectivity index (χ0v) is 7.51. The summed E-state index contributed by atoms with van der Waals surface area (Å²) in [5.74, 6) is 0.532. The Labute approximate surface area is 82.2 Å². The summed E-state index contributed by atoms with van der Waals surface area (Å²) in [6, 6.07) is 8.80. The molecule has 0 bridgehead atoms. The molecule has 0 saturated heterocycles. The van der Waals surface area contributed by atoms with Crippen LogP contribution in [0.15, 0.2) is 36.4 Å². The highest BCUT2D eigenvalue weighted by Gasteiger charge is 1.98. The number of nitriles is 1. The van der Waals surface area contributed by atoms with E-state index in [2.05, 4.69) is 0 Å². The van der Waals surface area contributed by atoms with E-state index >= 15 is 0 Å². The standard InChI is InChI=1S/C11H9NO2/c12-7-3-4-8-14-11-6-2-1-5-10(11)9-13/h1-6,9H,8H2. The minimum Gasteiger partial charge on any atom is -0.489 e. The molecular formula is C11H9NO2. The van der Waals surface area contributed by atoms with Crippen LogP contribution >= 0.6 is 0 Å². The number of hydrogen-bond acceptors (Lipinski definition) is 3. The van der Waals surface area contributed by atoms with Gasteiger partial charge >= 0.3 is 0 Å². The van der Waals surface area contributed by atoms with E-state index in [0.29, 0.717) is 17.9 Å². The minimum absolute atomic E-state index is 0.290. The first-order chi connectivity index (χ1) is 6.88. The van der Waals surface area contributed by atoms with Gasteiger partial charge in [-0.2, -0.15) is 5.26 Å². The lowest BCUT2D eigenvalue weighted by molar-refractivity contribution is 0.112. The molecule has 14 heavy (non-hydrogen) atoms. The molecule has 0 N–H and O–H groups in total. The van der Waals surface area contributed by atoms with Gasteiger partial charge in [-0.25, -0.2) is 0 Å². The molecule has 3 nitrogen and oxygen atoms in total. The lowest BCUT2D eigenvalue weighted by Crippen LogP contribution is -1.96. The summed E-state index contributed by atoms with van der Waals surface area (Å²) in [5.41, 5.74) is 0.512. The normalized spacial score (nSPS) is 9.64. The molecule has 1 aromatic rings. The molecule has 0 heterocycles. The molecule has 0 aromatic heterocycles. The van der Waals surface area contributed by atoms with Crippen LogP contribution in [-0.2, 0) is 0 Å². The van der Waals surface area contributed by atoms with Crippen molar-refractivity contribution < 1.29 is 9.53 Å². The maximum absolute atomic E-state index is 10.6. The van der Waals surface area contributed by atoms with E-state index in [9.17, 15) is 4.79 Å². The fourth-order valence-corrected chi connectivity index (χ4v) is 0.948. The van der Waals surface area contributed by atoms with Crippen molar-refractivity contribution in [1.29, 1.82) is 5.26 Å². The number of ether oxygens (including phenoxy) is 1. The van der Waals surface area contributed by atoms with Crippen molar-refractivity contribution in [2.24, 2.45) is 0 Å². The number of benzene rings is 1. The van der Waals surface area contributed by atoms with Crippen LogP contribution in [0.2, 0.25) is 0 Å². The highest BCUT2D eigenvalue weighted by molar-refractivity contribution is 5.79. The highest BCUT2D eigenvalue weighted by atomic mass is 16.5. The minimum atomic E-state index is 0.290. The van der Waals surface area contributed by atoms with Crippen LogP contribution in [-0.4, -0.2) is 12.9 Å². The number of hydrogen-bond donors (Lipinski definition) is 0. The van der Waals surface area contributed by atoms with E-state index < -0.39 is 0 Å². The summed E-state index contributed by atoms with van der Waals surface area (Å²) in [4.78, 5) is 10.6. The second-order valence-electron chi connectivity index (χ2n) is 2.50. The van der Waals surface area contributed by atoms with Gasteiger partial charge in [-0.3, -0.25) is 4.79 Å². The molecule has 0 spiro atoms. The molecule has 0 aliphatic heterocycles. The Hall–Kier alpha value is -2.08. The third kappa shape index (κ3) is 2.76. The van der Waals surface area contributed by atoms with Crippen molar-refractivity contribution in [2.45, 2.75) is 0 Å². The molecule has 0 fully saturated rings. The van der Waals surface area contributed by atoms with Crippen LogP contribution in [0.25, 0.3) is 0 Å². The van der Waals surface area contributed by atoms with Crippen LogP contribution in [0, 0.1) is 11.3 Å². The van der Waals surface area contributed by atoms with E-state index in [-0.39, 0.29) is 0 Å². The summed E-state index contributed by atoms with van der Waals surface area (Å²) in [6.45, 7) is 0.290. The Morgan fingerprint density at radius 2 is 2.21 bits per heavy atom. The van der Waals surface area contributed by atoms with E-state index in [1.807, 2.05) is 6.07 Å². The van der Waals surface area contributed by atoms with E-state index in [1.165, 1.54) is 6.08 Å². The Kier molecular flexibility index (Phi) is 3.96. The monoisotopic (exact) mass is 187 g/mol. The molecule has 0 unspecified atom stereocenters. The van der Waals surface area contributed by atoms with Gasteiger partial charge in [-0.15, -0.1) is 0 Å². The first-order valence-electron chi connectivity index (χ1n) is 4.10. The summed E-state index contributed by atoms with van der Waals surface area (Å²) in [7, 11) is 0. The SMILES string of the molecule is N#CC=CCOc1ccccc1C=O. The zero-order valence-electron chi connectivity index (χ0n) is 7.51. The highest BCUT2D eigenvalue weighted by Crippen LogP contribution is 2.15. The number of allylic oxidation sites excluding steroid dienone is 1. The van der Waals surface area contributed by atoms with Crippen LogP contribution in [0.1, 0.15) is 10.4 Å². The second-order valence-corrected chi connectivity index (χ2v) is 2.50. The summed E-state index contributed by atoms with van der Waals surface area (Å²) < 4.78 is 5.26. The molecule has 0 aliphatic rings. The molecule has 1 rings (SSSR count). The van der Waals surface area contributed by atoms with E-state index in [0.717, 1.165) is 6.29 Å². The number of carbonyl (C=O) groups excluding carboxylic acids is 1. The van der Waals surface area contributed by atoms with E-state index in [4.69, 9.17) is 10.00 Å². The first-order valence-corrected chi connectivity index (χ1v) is 4.10. The van der Waals surface area contributed by atoms with Crippen molar-refractivity contribution >= 4 is 6.29 Å². The largest absolute Gasteiger partial charge is 0.489 e. The van der Waals surface area contributed by atoms with Gasteiger partial charge in [0.05, 0.1) is 11.6 Å². The Morgan fingerprint density at radius 3 is 2.93 bits per heavy atom. The van der Waals surface area contributed by atoms with Gasteiger partial charge in [0.15, 0.2) is 6.29 Å². The topological polar surface area (TPSA) is 50.1 Å². The maximum Gasteiger partial charge on any atom is 0.153 e. The van der Waals surface area contributed by atoms with Gasteiger partial charge in [0.25, 0.3) is 0 Å². The predicted octanol–water partition coefficient (Wildman–Crippen LogP) is 1.96. The van der Waals surface area contributed by atoms with Crippen molar-refractivity contribution in [2.75, 3.05) is 6.61 Å². The van der Waals surface area contributed by atoms with Crippen LogP contribution < -0.4 is 4.74 Å². The summed E-state index contributed by atoms with van der Waals surface area (Å²) in [6.07, 6.45) is 3.66. The number of rotatable bonds is 4. The van der Waals surface area contributed by atoms with Crippen molar-refractivity contribution in [3.05, 3.63) is 42.0 Å². The van der Waals surface area contributed by atoms with Gasteiger partial charge in [0.1, 0.15) is 12.4 Å². The average molecular weight is 187 g/mol. The van der Waals surface area contributed by atoms with Gasteiger partial charge in [0.2, 0.25) is 0 Å².